The van der Waals surface area contributed by atoms with E-state index < -0.39 is 0 Å². The summed E-state index contributed by atoms with van der Waals surface area (Å²) in [5.41, 5.74) is 0.0348. The molecule has 3 unspecified atom stereocenters. The van der Waals surface area contributed by atoms with Gasteiger partial charge in [-0.25, -0.2) is 0 Å². The molecule has 2 nitrogen and oxygen atoms in total. The molecule has 3 rings (SSSR count). The van der Waals surface area contributed by atoms with Crippen LogP contribution in [-0.2, 0) is 4.79 Å². The molecule has 1 saturated heterocycles. The molecule has 0 aromatic carbocycles. The summed E-state index contributed by atoms with van der Waals surface area (Å²) in [6, 6.07) is 0. The van der Waals surface area contributed by atoms with Crippen LogP contribution in [0.2, 0.25) is 0 Å². The fraction of sp³-hybridized carbons (Fsp3) is 0.938. The maximum atomic E-state index is 12.8. The van der Waals surface area contributed by atoms with Crippen LogP contribution in [0.25, 0.3) is 0 Å². The number of fused-ring (bicyclic) bond motifs is 2. The van der Waals surface area contributed by atoms with Gasteiger partial charge in [0.05, 0.1) is 0 Å². The Hall–Kier alpha value is -0.370. The normalized spacial score (nSPS) is 37.9. The first-order valence-corrected chi connectivity index (χ1v) is 7.97. The molecule has 1 heterocycles. The van der Waals surface area contributed by atoms with Crippen molar-refractivity contribution in [1.82, 2.24) is 5.32 Å². The van der Waals surface area contributed by atoms with E-state index >= 15 is 0 Å². The minimum Gasteiger partial charge on any atom is -0.317 e. The fourth-order valence-electron chi connectivity index (χ4n) is 4.82. The first kappa shape index (κ1) is 12.7. The number of ketones is 1. The average molecular weight is 249 g/mol. The van der Waals surface area contributed by atoms with E-state index in [2.05, 4.69) is 12.2 Å². The lowest BCUT2D eigenvalue weighted by molar-refractivity contribution is -0.132. The third-order valence-corrected chi connectivity index (χ3v) is 6.16. The monoisotopic (exact) mass is 249 g/mol. The van der Waals surface area contributed by atoms with E-state index in [1.807, 2.05) is 0 Å². The van der Waals surface area contributed by atoms with Crippen molar-refractivity contribution in [3.05, 3.63) is 0 Å². The van der Waals surface area contributed by atoms with Crippen molar-refractivity contribution in [2.45, 2.75) is 58.3 Å². The molecule has 3 fully saturated rings. The number of hydrogen-bond donors (Lipinski definition) is 1. The highest BCUT2D eigenvalue weighted by Gasteiger charge is 2.44. The summed E-state index contributed by atoms with van der Waals surface area (Å²) < 4.78 is 0. The second-order valence-corrected chi connectivity index (χ2v) is 6.95. The number of hydrogen-bond acceptors (Lipinski definition) is 2. The van der Waals surface area contributed by atoms with Crippen molar-refractivity contribution >= 4 is 5.78 Å². The zero-order valence-corrected chi connectivity index (χ0v) is 11.7. The van der Waals surface area contributed by atoms with Gasteiger partial charge in [0.2, 0.25) is 0 Å². The van der Waals surface area contributed by atoms with Crippen LogP contribution in [0.3, 0.4) is 0 Å². The van der Waals surface area contributed by atoms with Crippen LogP contribution in [-0.4, -0.2) is 18.9 Å². The third kappa shape index (κ3) is 2.13. The Morgan fingerprint density at radius 1 is 1.22 bits per heavy atom. The van der Waals surface area contributed by atoms with Gasteiger partial charge in [-0.1, -0.05) is 13.3 Å². The molecule has 2 bridgehead atoms. The third-order valence-electron chi connectivity index (χ3n) is 6.16. The molecule has 2 aliphatic carbocycles. The van der Waals surface area contributed by atoms with Crippen LogP contribution < -0.4 is 5.32 Å². The lowest BCUT2D eigenvalue weighted by Gasteiger charge is -2.37. The molecule has 1 N–H and O–H groups in total. The van der Waals surface area contributed by atoms with Gasteiger partial charge in [0.15, 0.2) is 0 Å². The minimum absolute atomic E-state index is 0.0348. The highest BCUT2D eigenvalue weighted by atomic mass is 16.1. The topological polar surface area (TPSA) is 29.1 Å². The summed E-state index contributed by atoms with van der Waals surface area (Å²) in [7, 11) is 0. The van der Waals surface area contributed by atoms with Gasteiger partial charge < -0.3 is 5.32 Å². The van der Waals surface area contributed by atoms with Gasteiger partial charge in [-0.2, -0.15) is 0 Å². The van der Waals surface area contributed by atoms with E-state index in [9.17, 15) is 4.79 Å². The minimum atomic E-state index is 0.0348. The molecule has 2 saturated carbocycles. The Labute approximate surface area is 111 Å². The molecule has 18 heavy (non-hydrogen) atoms. The SMILES string of the molecule is CCC1(C(=O)CC2CC3CCC2C3)CCNCC1. The van der Waals surface area contributed by atoms with Gasteiger partial charge in [0.1, 0.15) is 5.78 Å². The van der Waals surface area contributed by atoms with Crippen molar-refractivity contribution in [3.63, 3.8) is 0 Å². The van der Waals surface area contributed by atoms with Crippen molar-refractivity contribution in [2.24, 2.45) is 23.2 Å². The van der Waals surface area contributed by atoms with E-state index in [4.69, 9.17) is 0 Å². The van der Waals surface area contributed by atoms with Crippen LogP contribution in [0.4, 0.5) is 0 Å². The summed E-state index contributed by atoms with van der Waals surface area (Å²) in [6.45, 7) is 4.29. The average Bonchev–Trinajstić information content (AvgIpc) is 3.01. The first-order chi connectivity index (χ1) is 8.73. The van der Waals surface area contributed by atoms with Gasteiger partial charge in [-0.05, 0) is 69.4 Å². The van der Waals surface area contributed by atoms with Gasteiger partial charge in [-0.3, -0.25) is 4.79 Å². The van der Waals surface area contributed by atoms with Crippen LogP contribution in [0.15, 0.2) is 0 Å². The van der Waals surface area contributed by atoms with Crippen molar-refractivity contribution in [1.29, 1.82) is 0 Å². The number of piperidine rings is 1. The Morgan fingerprint density at radius 2 is 2.00 bits per heavy atom. The number of carbonyl (C=O) groups excluding carboxylic acids is 1. The van der Waals surface area contributed by atoms with E-state index in [-0.39, 0.29) is 5.41 Å². The van der Waals surface area contributed by atoms with Gasteiger partial charge in [0, 0.05) is 11.8 Å². The summed E-state index contributed by atoms with van der Waals surface area (Å²) >= 11 is 0. The molecule has 0 amide bonds. The van der Waals surface area contributed by atoms with E-state index in [1.165, 1.54) is 25.7 Å². The van der Waals surface area contributed by atoms with Crippen LogP contribution >= 0.6 is 0 Å². The lowest BCUT2D eigenvalue weighted by atomic mass is 9.69. The molecule has 3 aliphatic rings. The molecule has 3 atom stereocenters. The van der Waals surface area contributed by atoms with Crippen LogP contribution in [0, 0.1) is 23.2 Å². The summed E-state index contributed by atoms with van der Waals surface area (Å²) in [5, 5.41) is 3.40. The lowest BCUT2D eigenvalue weighted by Crippen LogP contribution is -2.42. The molecule has 0 radical (unpaired) electrons. The molecular weight excluding hydrogens is 222 g/mol. The summed E-state index contributed by atoms with van der Waals surface area (Å²) in [4.78, 5) is 12.8. The number of carbonyl (C=O) groups is 1. The Morgan fingerprint density at radius 3 is 2.56 bits per heavy atom. The van der Waals surface area contributed by atoms with E-state index in [1.54, 1.807) is 0 Å². The Kier molecular flexibility index (Phi) is 3.48. The molecular formula is C16H27NO. The van der Waals surface area contributed by atoms with Crippen molar-refractivity contribution in [2.75, 3.05) is 13.1 Å². The number of rotatable bonds is 4. The highest BCUT2D eigenvalue weighted by Crippen LogP contribution is 2.50. The summed E-state index contributed by atoms with van der Waals surface area (Å²) in [6.07, 6.45) is 9.73. The molecule has 102 valence electrons. The van der Waals surface area contributed by atoms with E-state index in [0.29, 0.717) is 5.78 Å². The quantitative estimate of drug-likeness (QED) is 0.829. The van der Waals surface area contributed by atoms with Crippen molar-refractivity contribution in [3.8, 4) is 0 Å². The molecule has 0 spiro atoms. The van der Waals surface area contributed by atoms with Crippen LogP contribution in [0.5, 0.6) is 0 Å². The number of nitrogens with one attached hydrogen (secondary N) is 1. The molecule has 2 heteroatoms. The maximum Gasteiger partial charge on any atom is 0.139 e. The largest absolute Gasteiger partial charge is 0.317 e. The van der Waals surface area contributed by atoms with Gasteiger partial charge in [-0.15, -0.1) is 0 Å². The highest BCUT2D eigenvalue weighted by molar-refractivity contribution is 5.85. The van der Waals surface area contributed by atoms with Gasteiger partial charge in [0.25, 0.3) is 0 Å². The fourth-order valence-corrected chi connectivity index (χ4v) is 4.82. The smallest absolute Gasteiger partial charge is 0.139 e. The second kappa shape index (κ2) is 4.96. The predicted octanol–water partition coefficient (Wildman–Crippen LogP) is 3.16. The number of Topliss-reactive ketones (excluding diaryl/α,β-unsaturated/α-hetero) is 1. The van der Waals surface area contributed by atoms with Crippen LogP contribution in [0.1, 0.15) is 58.3 Å². The molecule has 1 aliphatic heterocycles. The molecule has 0 aromatic heterocycles. The standard InChI is InChI=1S/C16H27NO/c1-2-16(5-7-17-8-6-16)15(18)11-14-10-12-3-4-13(14)9-12/h12-14,17H,2-11H2,1H3. The van der Waals surface area contributed by atoms with Crippen molar-refractivity contribution < 1.29 is 4.79 Å². The Bertz CT molecular complexity index is 319. The molecule has 0 aromatic rings. The first-order valence-electron chi connectivity index (χ1n) is 7.97. The maximum absolute atomic E-state index is 12.8. The van der Waals surface area contributed by atoms with E-state index in [0.717, 1.165) is 56.5 Å². The zero-order valence-electron chi connectivity index (χ0n) is 11.7. The summed E-state index contributed by atoms with van der Waals surface area (Å²) in [5.74, 6) is 3.21. The zero-order chi connectivity index (χ0) is 12.6. The second-order valence-electron chi connectivity index (χ2n) is 6.95. The Balaban J connectivity index is 1.63. The van der Waals surface area contributed by atoms with Gasteiger partial charge >= 0.3 is 0 Å². The predicted molar refractivity (Wildman–Crippen MR) is 73.4 cm³/mol.